The predicted octanol–water partition coefficient (Wildman–Crippen LogP) is 1.99. The van der Waals surface area contributed by atoms with Gasteiger partial charge in [-0.1, -0.05) is 24.3 Å². The first-order valence-electron chi connectivity index (χ1n) is 9.00. The lowest BCUT2D eigenvalue weighted by Gasteiger charge is -2.09. The second kappa shape index (κ2) is 9.41. The molecule has 8 heteroatoms. The third kappa shape index (κ3) is 4.92. The van der Waals surface area contributed by atoms with Crippen molar-refractivity contribution in [3.8, 4) is 11.5 Å². The van der Waals surface area contributed by atoms with Crippen LogP contribution in [0.25, 0.3) is 10.9 Å². The smallest absolute Gasteiger partial charge is 0.329 e. The number of benzene rings is 2. The van der Waals surface area contributed by atoms with Crippen molar-refractivity contribution in [1.29, 1.82) is 0 Å². The minimum atomic E-state index is -0.826. The number of para-hydroxylation sites is 1. The number of carbonyl (C=O) groups is 2. The van der Waals surface area contributed by atoms with E-state index in [1.165, 1.54) is 6.21 Å². The Balaban J connectivity index is 1.47. The molecule has 3 N–H and O–H groups in total. The number of H-pyrrole nitrogens is 1. The molecule has 3 aromatic rings. The molecule has 0 spiro atoms. The van der Waals surface area contributed by atoms with Gasteiger partial charge < -0.3 is 19.8 Å². The Kier molecular flexibility index (Phi) is 6.47. The minimum absolute atomic E-state index is 0.300. The number of carbonyl (C=O) groups excluding carboxylic acids is 2. The third-order valence-electron chi connectivity index (χ3n) is 4.34. The van der Waals surface area contributed by atoms with Gasteiger partial charge in [-0.05, 0) is 30.2 Å². The van der Waals surface area contributed by atoms with E-state index in [0.29, 0.717) is 24.5 Å². The predicted molar refractivity (Wildman–Crippen MR) is 110 cm³/mol. The summed E-state index contributed by atoms with van der Waals surface area (Å²) < 4.78 is 10.4. The summed E-state index contributed by atoms with van der Waals surface area (Å²) in [5.41, 5.74) is 4.96. The van der Waals surface area contributed by atoms with E-state index < -0.39 is 11.8 Å². The molecule has 1 heterocycles. The van der Waals surface area contributed by atoms with E-state index in [1.807, 2.05) is 36.4 Å². The molecule has 2 amide bonds. The van der Waals surface area contributed by atoms with Gasteiger partial charge in [-0.2, -0.15) is 5.10 Å². The Labute approximate surface area is 167 Å². The third-order valence-corrected chi connectivity index (χ3v) is 4.34. The normalized spacial score (nSPS) is 10.8. The van der Waals surface area contributed by atoms with E-state index in [2.05, 4.69) is 20.8 Å². The molecular formula is C21H22N4O4. The molecule has 1 aromatic heterocycles. The summed E-state index contributed by atoms with van der Waals surface area (Å²) in [5.74, 6) is -0.330. The molecule has 0 fully saturated rings. The number of hydrogen-bond acceptors (Lipinski definition) is 5. The van der Waals surface area contributed by atoms with Crippen molar-refractivity contribution in [3.63, 3.8) is 0 Å². The first-order chi connectivity index (χ1) is 14.1. The Morgan fingerprint density at radius 3 is 2.66 bits per heavy atom. The Hall–Kier alpha value is -3.81. The molecule has 0 aliphatic rings. The van der Waals surface area contributed by atoms with E-state index in [4.69, 9.17) is 9.47 Å². The molecule has 0 aliphatic heterocycles. The summed E-state index contributed by atoms with van der Waals surface area (Å²) in [4.78, 5) is 26.9. The highest BCUT2D eigenvalue weighted by Crippen LogP contribution is 2.27. The maximum Gasteiger partial charge on any atom is 0.329 e. The van der Waals surface area contributed by atoms with Crippen LogP contribution in [0.15, 0.2) is 53.8 Å². The summed E-state index contributed by atoms with van der Waals surface area (Å²) in [5, 5.41) is 7.40. The zero-order chi connectivity index (χ0) is 20.6. The number of amides is 2. The van der Waals surface area contributed by atoms with Crippen LogP contribution in [-0.2, 0) is 16.0 Å². The van der Waals surface area contributed by atoms with Crippen LogP contribution in [-0.4, -0.2) is 43.8 Å². The van der Waals surface area contributed by atoms with Crippen LogP contribution in [0.4, 0.5) is 0 Å². The number of fused-ring (bicyclic) bond motifs is 1. The highest BCUT2D eigenvalue weighted by Gasteiger charge is 2.12. The van der Waals surface area contributed by atoms with E-state index >= 15 is 0 Å². The second-order valence-electron chi connectivity index (χ2n) is 6.18. The fraction of sp³-hybridized carbons (Fsp3) is 0.190. The van der Waals surface area contributed by atoms with Gasteiger partial charge in [0.05, 0.1) is 20.4 Å². The van der Waals surface area contributed by atoms with Crippen LogP contribution in [0.5, 0.6) is 11.5 Å². The average Bonchev–Trinajstić information content (AvgIpc) is 3.16. The number of nitrogens with one attached hydrogen (secondary N) is 3. The van der Waals surface area contributed by atoms with Gasteiger partial charge in [-0.25, -0.2) is 5.43 Å². The molecule has 150 valence electrons. The van der Waals surface area contributed by atoms with E-state index in [1.54, 1.807) is 26.5 Å². The molecule has 8 nitrogen and oxygen atoms in total. The molecule has 0 atom stereocenters. The van der Waals surface area contributed by atoms with Crippen molar-refractivity contribution >= 4 is 28.9 Å². The fourth-order valence-electron chi connectivity index (χ4n) is 2.85. The molecule has 3 rings (SSSR count). The molecular weight excluding hydrogens is 372 g/mol. The second-order valence-corrected chi connectivity index (χ2v) is 6.18. The van der Waals surface area contributed by atoms with E-state index in [0.717, 1.165) is 22.0 Å². The maximum absolute atomic E-state index is 11.9. The van der Waals surface area contributed by atoms with Crippen molar-refractivity contribution in [2.24, 2.45) is 5.10 Å². The van der Waals surface area contributed by atoms with Crippen molar-refractivity contribution in [2.45, 2.75) is 6.42 Å². The van der Waals surface area contributed by atoms with Crippen LogP contribution in [0.2, 0.25) is 0 Å². The zero-order valence-electron chi connectivity index (χ0n) is 16.2. The summed E-state index contributed by atoms with van der Waals surface area (Å²) in [7, 11) is 3.13. The monoisotopic (exact) mass is 394 g/mol. The van der Waals surface area contributed by atoms with Gasteiger partial charge in [0, 0.05) is 29.2 Å². The number of ether oxygens (including phenoxy) is 2. The van der Waals surface area contributed by atoms with Crippen LogP contribution >= 0.6 is 0 Å². The average molecular weight is 394 g/mol. The first-order valence-corrected chi connectivity index (χ1v) is 9.00. The van der Waals surface area contributed by atoms with E-state index in [-0.39, 0.29) is 0 Å². The Morgan fingerprint density at radius 1 is 1.07 bits per heavy atom. The molecule has 0 saturated heterocycles. The van der Waals surface area contributed by atoms with Crippen molar-refractivity contribution < 1.29 is 19.1 Å². The highest BCUT2D eigenvalue weighted by molar-refractivity contribution is 6.35. The van der Waals surface area contributed by atoms with Gasteiger partial charge in [-0.3, -0.25) is 9.59 Å². The summed E-state index contributed by atoms with van der Waals surface area (Å²) in [6.45, 7) is 0.300. The molecule has 29 heavy (non-hydrogen) atoms. The van der Waals surface area contributed by atoms with Gasteiger partial charge in [0.15, 0.2) is 11.5 Å². The highest BCUT2D eigenvalue weighted by atomic mass is 16.5. The van der Waals surface area contributed by atoms with Crippen LogP contribution < -0.4 is 20.2 Å². The van der Waals surface area contributed by atoms with Crippen LogP contribution in [0.3, 0.4) is 0 Å². The number of nitrogens with zero attached hydrogens (tertiary/aromatic N) is 1. The van der Waals surface area contributed by atoms with Crippen molar-refractivity contribution in [2.75, 3.05) is 20.8 Å². The number of rotatable bonds is 7. The Bertz CT molecular complexity index is 1040. The number of hydrogen-bond donors (Lipinski definition) is 3. The molecule has 0 saturated carbocycles. The number of aromatic amines is 1. The summed E-state index contributed by atoms with van der Waals surface area (Å²) in [6, 6.07) is 13.2. The van der Waals surface area contributed by atoms with Gasteiger partial charge in [0.1, 0.15) is 0 Å². The SMILES string of the molecule is COc1ccc(CCNC(=O)C(=O)N/N=C/c2c[nH]c3ccccc23)cc1OC. The fourth-order valence-corrected chi connectivity index (χ4v) is 2.85. The lowest BCUT2D eigenvalue weighted by atomic mass is 10.1. The van der Waals surface area contributed by atoms with Crippen molar-refractivity contribution in [3.05, 3.63) is 59.8 Å². The van der Waals surface area contributed by atoms with Gasteiger partial charge in [0.2, 0.25) is 0 Å². The first kappa shape index (κ1) is 19.9. The van der Waals surface area contributed by atoms with Gasteiger partial charge in [0.25, 0.3) is 0 Å². The molecule has 0 bridgehead atoms. The number of methoxy groups -OCH3 is 2. The molecule has 0 unspecified atom stereocenters. The summed E-state index contributed by atoms with van der Waals surface area (Å²) >= 11 is 0. The molecule has 0 radical (unpaired) electrons. The lowest BCUT2D eigenvalue weighted by molar-refractivity contribution is -0.139. The zero-order valence-corrected chi connectivity index (χ0v) is 16.2. The maximum atomic E-state index is 11.9. The quantitative estimate of drug-likeness (QED) is 0.324. The van der Waals surface area contributed by atoms with E-state index in [9.17, 15) is 9.59 Å². The Morgan fingerprint density at radius 2 is 1.86 bits per heavy atom. The van der Waals surface area contributed by atoms with Crippen LogP contribution in [0.1, 0.15) is 11.1 Å². The van der Waals surface area contributed by atoms with Gasteiger partial charge in [-0.15, -0.1) is 0 Å². The van der Waals surface area contributed by atoms with Gasteiger partial charge >= 0.3 is 11.8 Å². The number of hydrazone groups is 1. The summed E-state index contributed by atoms with van der Waals surface area (Å²) in [6.07, 6.45) is 3.81. The van der Waals surface area contributed by atoms with Crippen molar-refractivity contribution in [1.82, 2.24) is 15.7 Å². The molecule has 0 aliphatic carbocycles. The number of aromatic nitrogens is 1. The lowest BCUT2D eigenvalue weighted by Crippen LogP contribution is -2.38. The standard InChI is InChI=1S/C21H22N4O4/c1-28-18-8-7-14(11-19(18)29-2)9-10-22-20(26)21(27)25-24-13-15-12-23-17-6-4-3-5-16(15)17/h3-8,11-13,23H,9-10H2,1-2H3,(H,22,26)(H,25,27)/b24-13+. The largest absolute Gasteiger partial charge is 0.493 e. The van der Waals surface area contributed by atoms with Crippen LogP contribution in [0, 0.1) is 0 Å². The molecule has 2 aromatic carbocycles. The topological polar surface area (TPSA) is 105 Å². The minimum Gasteiger partial charge on any atom is -0.493 e.